The third-order valence-electron chi connectivity index (χ3n) is 6.12. The van der Waals surface area contributed by atoms with Crippen molar-refractivity contribution in [2.75, 3.05) is 13.2 Å². The summed E-state index contributed by atoms with van der Waals surface area (Å²) in [5.41, 5.74) is 1.96. The van der Waals surface area contributed by atoms with Gasteiger partial charge in [-0.1, -0.05) is 19.8 Å². The molecule has 1 aromatic heterocycles. The minimum Gasteiger partial charge on any atom is -0.482 e. The fraction of sp³-hybridized carbons (Fsp3) is 0.522. The maximum absolute atomic E-state index is 12.1. The van der Waals surface area contributed by atoms with Gasteiger partial charge >= 0.3 is 11.6 Å². The molecule has 1 heterocycles. The molecule has 1 amide bonds. The van der Waals surface area contributed by atoms with Gasteiger partial charge in [-0.05, 0) is 55.7 Å². The number of benzene rings is 1. The summed E-state index contributed by atoms with van der Waals surface area (Å²) in [5.74, 6) is -0.0715. The van der Waals surface area contributed by atoms with Gasteiger partial charge in [0, 0.05) is 23.1 Å². The third kappa shape index (κ3) is 4.50. The van der Waals surface area contributed by atoms with Crippen molar-refractivity contribution in [2.45, 2.75) is 57.9 Å². The van der Waals surface area contributed by atoms with E-state index in [1.807, 2.05) is 6.07 Å². The molecule has 160 valence electrons. The highest BCUT2D eigenvalue weighted by molar-refractivity contribution is 5.83. The molecule has 1 aromatic carbocycles. The Hall–Kier alpha value is -2.83. The summed E-state index contributed by atoms with van der Waals surface area (Å²) in [6.07, 6.45) is 6.95. The van der Waals surface area contributed by atoms with Crippen LogP contribution in [0.25, 0.3) is 11.0 Å². The summed E-state index contributed by atoms with van der Waals surface area (Å²) < 4.78 is 15.9. The fourth-order valence-corrected chi connectivity index (χ4v) is 4.46. The molecule has 0 saturated heterocycles. The Morgan fingerprint density at radius 3 is 2.73 bits per heavy atom. The highest BCUT2D eigenvalue weighted by Crippen LogP contribution is 2.29. The molecule has 2 aliphatic rings. The molecule has 2 aliphatic carbocycles. The standard InChI is InChI=1S/C23H27NO6/c1-14-5-2-3-8-19(14)24-21(25)12-29-22(26)13-28-15-9-10-17-16-6-4-7-18(16)23(27)30-20(17)11-15/h9-11,14,19H,2-8,12-13H2,1H3,(H,24,25)/t14-,19-/m0/s1. The quantitative estimate of drug-likeness (QED) is 0.578. The Morgan fingerprint density at radius 2 is 1.90 bits per heavy atom. The highest BCUT2D eigenvalue weighted by Gasteiger charge is 2.23. The van der Waals surface area contributed by atoms with Gasteiger partial charge in [0.15, 0.2) is 13.2 Å². The van der Waals surface area contributed by atoms with E-state index in [2.05, 4.69) is 12.2 Å². The van der Waals surface area contributed by atoms with Crippen LogP contribution in [-0.4, -0.2) is 31.1 Å². The molecule has 0 radical (unpaired) electrons. The van der Waals surface area contributed by atoms with Crippen LogP contribution in [0.15, 0.2) is 27.4 Å². The van der Waals surface area contributed by atoms with Crippen molar-refractivity contribution >= 4 is 22.8 Å². The van der Waals surface area contributed by atoms with E-state index < -0.39 is 5.97 Å². The average Bonchev–Trinajstić information content (AvgIpc) is 3.23. The molecule has 0 bridgehead atoms. The van der Waals surface area contributed by atoms with E-state index in [0.29, 0.717) is 17.3 Å². The summed E-state index contributed by atoms with van der Waals surface area (Å²) in [6.45, 7) is 1.49. The molecule has 30 heavy (non-hydrogen) atoms. The van der Waals surface area contributed by atoms with Gasteiger partial charge in [-0.3, -0.25) is 4.79 Å². The second-order valence-corrected chi connectivity index (χ2v) is 8.24. The lowest BCUT2D eigenvalue weighted by molar-refractivity contribution is -0.150. The minimum absolute atomic E-state index is 0.148. The number of nitrogens with one attached hydrogen (secondary N) is 1. The minimum atomic E-state index is -0.627. The van der Waals surface area contributed by atoms with Gasteiger partial charge < -0.3 is 19.2 Å². The van der Waals surface area contributed by atoms with Crippen molar-refractivity contribution in [2.24, 2.45) is 5.92 Å². The summed E-state index contributed by atoms with van der Waals surface area (Å²) in [7, 11) is 0. The summed E-state index contributed by atoms with van der Waals surface area (Å²) in [4.78, 5) is 36.1. The van der Waals surface area contributed by atoms with Gasteiger partial charge in [0.25, 0.3) is 5.91 Å². The van der Waals surface area contributed by atoms with Crippen molar-refractivity contribution in [3.05, 3.63) is 39.7 Å². The zero-order chi connectivity index (χ0) is 21.1. The molecule has 1 N–H and O–H groups in total. The second-order valence-electron chi connectivity index (χ2n) is 8.24. The molecule has 1 saturated carbocycles. The molecule has 2 aromatic rings. The summed E-state index contributed by atoms with van der Waals surface area (Å²) in [6, 6.07) is 5.35. The van der Waals surface area contributed by atoms with E-state index in [-0.39, 0.29) is 30.8 Å². The van der Waals surface area contributed by atoms with E-state index >= 15 is 0 Å². The Bertz CT molecular complexity index is 1010. The van der Waals surface area contributed by atoms with Gasteiger partial charge in [-0.2, -0.15) is 0 Å². The molecule has 0 aliphatic heterocycles. The monoisotopic (exact) mass is 413 g/mol. The van der Waals surface area contributed by atoms with Crippen LogP contribution >= 0.6 is 0 Å². The van der Waals surface area contributed by atoms with Gasteiger partial charge in [0.1, 0.15) is 11.3 Å². The largest absolute Gasteiger partial charge is 0.482 e. The number of hydrogen-bond acceptors (Lipinski definition) is 6. The number of rotatable bonds is 6. The van der Waals surface area contributed by atoms with Gasteiger partial charge in [-0.25, -0.2) is 9.59 Å². The predicted octanol–water partition coefficient (Wildman–Crippen LogP) is 2.90. The SMILES string of the molecule is C[C@H]1CCCC[C@@H]1NC(=O)COC(=O)COc1ccc2c3c(c(=O)oc2c1)CCC3. The van der Waals surface area contributed by atoms with Crippen molar-refractivity contribution in [1.29, 1.82) is 0 Å². The zero-order valence-corrected chi connectivity index (χ0v) is 17.2. The number of fused-ring (bicyclic) bond motifs is 3. The number of carbonyl (C=O) groups excluding carboxylic acids is 2. The lowest BCUT2D eigenvalue weighted by Gasteiger charge is -2.29. The second kappa shape index (κ2) is 8.90. The highest BCUT2D eigenvalue weighted by atomic mass is 16.6. The molecule has 2 atom stereocenters. The molecule has 0 unspecified atom stereocenters. The number of aryl methyl sites for hydroxylation is 1. The Balaban J connectivity index is 1.28. The third-order valence-corrected chi connectivity index (χ3v) is 6.12. The van der Waals surface area contributed by atoms with E-state index in [4.69, 9.17) is 13.9 Å². The maximum atomic E-state index is 12.1. The van der Waals surface area contributed by atoms with Gasteiger partial charge in [0.05, 0.1) is 0 Å². The zero-order valence-electron chi connectivity index (χ0n) is 17.2. The van der Waals surface area contributed by atoms with Crippen LogP contribution < -0.4 is 15.7 Å². The molecular weight excluding hydrogens is 386 g/mol. The first-order valence-electron chi connectivity index (χ1n) is 10.7. The fourth-order valence-electron chi connectivity index (χ4n) is 4.46. The average molecular weight is 413 g/mol. The number of ether oxygens (including phenoxy) is 2. The normalized spacial score (nSPS) is 20.6. The molecular formula is C23H27NO6. The number of carbonyl (C=O) groups is 2. The lowest BCUT2D eigenvalue weighted by atomic mass is 9.86. The molecule has 7 nitrogen and oxygen atoms in total. The number of hydrogen-bond donors (Lipinski definition) is 1. The Kier molecular flexibility index (Phi) is 6.06. The summed E-state index contributed by atoms with van der Waals surface area (Å²) >= 11 is 0. The van der Waals surface area contributed by atoms with Crippen LogP contribution in [0.5, 0.6) is 5.75 Å². The van der Waals surface area contributed by atoms with Crippen LogP contribution in [-0.2, 0) is 27.2 Å². The number of amides is 1. The first-order chi connectivity index (χ1) is 14.5. The van der Waals surface area contributed by atoms with Gasteiger partial charge in [0.2, 0.25) is 0 Å². The van der Waals surface area contributed by atoms with E-state index in [1.54, 1.807) is 12.1 Å². The Labute approximate surface area is 174 Å². The van der Waals surface area contributed by atoms with Crippen molar-refractivity contribution in [3.63, 3.8) is 0 Å². The van der Waals surface area contributed by atoms with Crippen LogP contribution in [0.4, 0.5) is 0 Å². The van der Waals surface area contributed by atoms with Crippen molar-refractivity contribution in [3.8, 4) is 5.75 Å². The van der Waals surface area contributed by atoms with Crippen LogP contribution in [0.1, 0.15) is 50.2 Å². The first kappa shape index (κ1) is 20.4. The predicted molar refractivity (Wildman–Crippen MR) is 111 cm³/mol. The molecule has 0 spiro atoms. The van der Waals surface area contributed by atoms with Gasteiger partial charge in [-0.15, -0.1) is 0 Å². The lowest BCUT2D eigenvalue weighted by Crippen LogP contribution is -2.43. The maximum Gasteiger partial charge on any atom is 0.344 e. The number of esters is 1. The smallest absolute Gasteiger partial charge is 0.344 e. The van der Waals surface area contributed by atoms with E-state index in [1.165, 1.54) is 6.42 Å². The van der Waals surface area contributed by atoms with E-state index in [0.717, 1.165) is 55.0 Å². The van der Waals surface area contributed by atoms with Crippen LogP contribution in [0.3, 0.4) is 0 Å². The summed E-state index contributed by atoms with van der Waals surface area (Å²) in [5, 5.41) is 3.85. The van der Waals surface area contributed by atoms with Crippen molar-refractivity contribution < 1.29 is 23.5 Å². The first-order valence-corrected chi connectivity index (χ1v) is 10.7. The topological polar surface area (TPSA) is 94.8 Å². The van der Waals surface area contributed by atoms with E-state index in [9.17, 15) is 14.4 Å². The Morgan fingerprint density at radius 1 is 1.10 bits per heavy atom. The van der Waals surface area contributed by atoms with Crippen molar-refractivity contribution in [1.82, 2.24) is 5.32 Å². The van der Waals surface area contributed by atoms with Crippen LogP contribution in [0, 0.1) is 5.92 Å². The molecule has 4 rings (SSSR count). The molecule has 7 heteroatoms. The van der Waals surface area contributed by atoms with Crippen LogP contribution in [0.2, 0.25) is 0 Å². The molecule has 1 fully saturated rings.